The Labute approximate surface area is 157 Å². The van der Waals surface area contributed by atoms with Crippen molar-refractivity contribution in [1.29, 1.82) is 0 Å². The van der Waals surface area contributed by atoms with Crippen molar-refractivity contribution in [3.05, 3.63) is 64.1 Å². The molecule has 2 aromatic rings. The molecule has 0 N–H and O–H groups in total. The van der Waals surface area contributed by atoms with Crippen LogP contribution in [0.4, 0.5) is 0 Å². The van der Waals surface area contributed by atoms with Crippen molar-refractivity contribution in [2.24, 2.45) is 5.92 Å². The van der Waals surface area contributed by atoms with Gasteiger partial charge in [-0.2, -0.15) is 0 Å². The molecule has 1 fully saturated rings. The minimum Gasteiger partial charge on any atom is -0.489 e. The highest BCUT2D eigenvalue weighted by Gasteiger charge is 2.22. The van der Waals surface area contributed by atoms with Gasteiger partial charge in [0.2, 0.25) is 0 Å². The lowest BCUT2D eigenvalue weighted by atomic mass is 10.0. The Bertz CT molecular complexity index is 882. The SMILES string of the molecule is O=S1(=O)CCC(C#Cc2cc(OCc3ccccc3)ccc2Br)CC1. The molecule has 0 unspecified atom stereocenters. The third-order valence-electron chi connectivity index (χ3n) is 4.15. The summed E-state index contributed by atoms with van der Waals surface area (Å²) in [6.45, 7) is 0.510. The topological polar surface area (TPSA) is 43.4 Å². The molecule has 0 bridgehead atoms. The molecule has 1 aliphatic rings. The molecule has 3 rings (SSSR count). The second kappa shape index (κ2) is 8.07. The monoisotopic (exact) mass is 418 g/mol. The second-order valence-corrected chi connectivity index (χ2v) is 9.27. The number of ether oxygens (including phenoxy) is 1. The number of rotatable bonds is 3. The van der Waals surface area contributed by atoms with Gasteiger partial charge in [-0.25, -0.2) is 8.42 Å². The highest BCUT2D eigenvalue weighted by atomic mass is 79.9. The molecule has 0 amide bonds. The van der Waals surface area contributed by atoms with E-state index < -0.39 is 9.84 Å². The van der Waals surface area contributed by atoms with Crippen LogP contribution in [0.1, 0.15) is 24.0 Å². The summed E-state index contributed by atoms with van der Waals surface area (Å²) in [6, 6.07) is 15.8. The fourth-order valence-corrected chi connectivity index (χ4v) is 4.48. The molecule has 0 aliphatic carbocycles. The van der Waals surface area contributed by atoms with Crippen molar-refractivity contribution >= 4 is 25.8 Å². The van der Waals surface area contributed by atoms with E-state index in [0.717, 1.165) is 21.3 Å². The van der Waals surface area contributed by atoms with Gasteiger partial charge in [0.1, 0.15) is 22.2 Å². The third-order valence-corrected chi connectivity index (χ3v) is 6.56. The van der Waals surface area contributed by atoms with Crippen molar-refractivity contribution in [2.75, 3.05) is 11.5 Å². The largest absolute Gasteiger partial charge is 0.489 e. The van der Waals surface area contributed by atoms with E-state index >= 15 is 0 Å². The smallest absolute Gasteiger partial charge is 0.150 e. The van der Waals surface area contributed by atoms with Crippen LogP contribution in [0.5, 0.6) is 5.75 Å². The zero-order chi connectivity index (χ0) is 17.7. The highest BCUT2D eigenvalue weighted by Crippen LogP contribution is 2.24. The number of halogens is 1. The Balaban J connectivity index is 1.67. The van der Waals surface area contributed by atoms with E-state index in [0.29, 0.717) is 19.4 Å². The summed E-state index contributed by atoms with van der Waals surface area (Å²) >= 11 is 3.52. The molecular weight excluding hydrogens is 400 g/mol. The molecule has 0 radical (unpaired) electrons. The standard InChI is InChI=1S/C20H19BrO3S/c21-20-9-8-19(24-15-17-4-2-1-3-5-17)14-18(20)7-6-16-10-12-25(22,23)13-11-16/h1-5,8-9,14,16H,10-13,15H2. The van der Waals surface area contributed by atoms with Crippen LogP contribution in [0, 0.1) is 17.8 Å². The van der Waals surface area contributed by atoms with E-state index in [1.54, 1.807) is 0 Å². The molecule has 2 aromatic carbocycles. The molecular formula is C20H19BrO3S. The molecule has 1 aliphatic heterocycles. The van der Waals surface area contributed by atoms with Crippen LogP contribution in [0.2, 0.25) is 0 Å². The van der Waals surface area contributed by atoms with Gasteiger partial charge in [-0.3, -0.25) is 0 Å². The van der Waals surface area contributed by atoms with Crippen LogP contribution < -0.4 is 4.74 Å². The van der Waals surface area contributed by atoms with E-state index in [-0.39, 0.29) is 17.4 Å². The molecule has 0 atom stereocenters. The fraction of sp³-hybridized carbons (Fsp3) is 0.300. The summed E-state index contributed by atoms with van der Waals surface area (Å²) in [6.07, 6.45) is 1.24. The maximum Gasteiger partial charge on any atom is 0.150 e. The molecule has 25 heavy (non-hydrogen) atoms. The number of benzene rings is 2. The van der Waals surface area contributed by atoms with E-state index in [9.17, 15) is 8.42 Å². The summed E-state index contributed by atoms with van der Waals surface area (Å²) in [5.41, 5.74) is 1.97. The average Bonchev–Trinajstić information content (AvgIpc) is 2.62. The Morgan fingerprint density at radius 2 is 1.80 bits per heavy atom. The maximum atomic E-state index is 11.5. The Morgan fingerprint density at radius 3 is 2.52 bits per heavy atom. The summed E-state index contributed by atoms with van der Waals surface area (Å²) in [5.74, 6) is 7.79. The first-order valence-corrected chi connectivity index (χ1v) is 10.8. The lowest BCUT2D eigenvalue weighted by Gasteiger charge is -2.16. The van der Waals surface area contributed by atoms with Crippen molar-refractivity contribution in [3.63, 3.8) is 0 Å². The van der Waals surface area contributed by atoms with Crippen LogP contribution in [0.25, 0.3) is 0 Å². The lowest BCUT2D eigenvalue weighted by molar-refractivity contribution is 0.306. The summed E-state index contributed by atoms with van der Waals surface area (Å²) in [4.78, 5) is 0. The van der Waals surface area contributed by atoms with Gasteiger partial charge in [0.25, 0.3) is 0 Å². The summed E-state index contributed by atoms with van der Waals surface area (Å²) < 4.78 is 29.7. The van der Waals surface area contributed by atoms with Crippen molar-refractivity contribution in [3.8, 4) is 17.6 Å². The van der Waals surface area contributed by atoms with Crippen molar-refractivity contribution in [1.82, 2.24) is 0 Å². The van der Waals surface area contributed by atoms with Gasteiger partial charge in [-0.05, 0) is 52.5 Å². The van der Waals surface area contributed by atoms with Gasteiger partial charge in [0.05, 0.1) is 11.5 Å². The van der Waals surface area contributed by atoms with E-state index in [2.05, 4.69) is 27.8 Å². The Morgan fingerprint density at radius 1 is 1.08 bits per heavy atom. The Hall–Kier alpha value is -1.77. The first kappa shape index (κ1) is 18.0. The van der Waals surface area contributed by atoms with E-state index in [1.807, 2.05) is 48.5 Å². The second-order valence-electron chi connectivity index (χ2n) is 6.11. The van der Waals surface area contributed by atoms with Crippen molar-refractivity contribution < 1.29 is 13.2 Å². The van der Waals surface area contributed by atoms with E-state index in [4.69, 9.17) is 4.74 Å². The quantitative estimate of drug-likeness (QED) is 0.701. The maximum absolute atomic E-state index is 11.5. The number of hydrogen-bond donors (Lipinski definition) is 0. The lowest BCUT2D eigenvalue weighted by Crippen LogP contribution is -2.22. The van der Waals surface area contributed by atoms with Crippen LogP contribution in [0.15, 0.2) is 53.0 Å². The molecule has 5 heteroatoms. The zero-order valence-electron chi connectivity index (χ0n) is 13.7. The van der Waals surface area contributed by atoms with Crippen LogP contribution in [-0.2, 0) is 16.4 Å². The first-order valence-electron chi connectivity index (χ1n) is 8.20. The predicted molar refractivity (Wildman–Crippen MR) is 103 cm³/mol. The van der Waals surface area contributed by atoms with Crippen molar-refractivity contribution in [2.45, 2.75) is 19.4 Å². The van der Waals surface area contributed by atoms with Gasteiger partial charge in [-0.1, -0.05) is 42.2 Å². The fourth-order valence-electron chi connectivity index (χ4n) is 2.65. The number of hydrogen-bond acceptors (Lipinski definition) is 3. The minimum absolute atomic E-state index is 0.143. The van der Waals surface area contributed by atoms with Crippen LogP contribution in [0.3, 0.4) is 0 Å². The normalized spacial score (nSPS) is 16.7. The highest BCUT2D eigenvalue weighted by molar-refractivity contribution is 9.10. The molecule has 3 nitrogen and oxygen atoms in total. The van der Waals surface area contributed by atoms with Gasteiger partial charge >= 0.3 is 0 Å². The van der Waals surface area contributed by atoms with Crippen LogP contribution >= 0.6 is 15.9 Å². The zero-order valence-corrected chi connectivity index (χ0v) is 16.1. The molecule has 1 heterocycles. The molecule has 0 aromatic heterocycles. The van der Waals surface area contributed by atoms with Crippen LogP contribution in [-0.4, -0.2) is 19.9 Å². The molecule has 0 saturated carbocycles. The molecule has 0 spiro atoms. The predicted octanol–water partition coefficient (Wildman–Crippen LogP) is 4.20. The minimum atomic E-state index is -2.84. The molecule has 1 saturated heterocycles. The van der Waals surface area contributed by atoms with Gasteiger partial charge in [0, 0.05) is 16.0 Å². The Kier molecular flexibility index (Phi) is 5.82. The average molecular weight is 419 g/mol. The summed E-state index contributed by atoms with van der Waals surface area (Å²) in [7, 11) is -2.84. The van der Waals surface area contributed by atoms with E-state index in [1.165, 1.54) is 0 Å². The summed E-state index contributed by atoms with van der Waals surface area (Å²) in [5, 5.41) is 0. The molecule has 130 valence electrons. The van der Waals surface area contributed by atoms with Gasteiger partial charge < -0.3 is 4.74 Å². The van der Waals surface area contributed by atoms with Gasteiger partial charge in [0.15, 0.2) is 0 Å². The van der Waals surface area contributed by atoms with Gasteiger partial charge in [-0.15, -0.1) is 0 Å². The number of sulfone groups is 1. The first-order chi connectivity index (χ1) is 12.0. The third kappa shape index (κ3) is 5.35.